The molecule has 6 N–H and O–H groups in total. The second-order valence-electron chi connectivity index (χ2n) is 14.8. The summed E-state index contributed by atoms with van der Waals surface area (Å²) < 4.78 is 0. The molecule has 1 heterocycles. The van der Waals surface area contributed by atoms with Crippen molar-refractivity contribution in [2.45, 2.75) is 102 Å². The molecular weight excluding hydrogens is 632 g/mol. The lowest BCUT2D eigenvalue weighted by Crippen LogP contribution is -2.61. The molecule has 50 heavy (non-hydrogen) atoms. The summed E-state index contributed by atoms with van der Waals surface area (Å²) in [6.45, 7) is 12.0. The summed E-state index contributed by atoms with van der Waals surface area (Å²) in [5.74, 6) is -1.24. The Morgan fingerprint density at radius 2 is 1.68 bits per heavy atom. The largest absolute Gasteiger partial charge is 0.390 e. The maximum Gasteiger partial charge on any atom is 0.266 e. The Labute approximate surface area is 296 Å². The first-order chi connectivity index (χ1) is 23.7. The predicted octanol–water partition coefficient (Wildman–Crippen LogP) is 3.67. The Morgan fingerprint density at radius 1 is 1.02 bits per heavy atom. The maximum absolute atomic E-state index is 13.8. The van der Waals surface area contributed by atoms with Crippen LogP contribution in [-0.2, 0) is 25.6 Å². The van der Waals surface area contributed by atoms with Crippen molar-refractivity contribution in [3.63, 3.8) is 0 Å². The van der Waals surface area contributed by atoms with E-state index in [4.69, 9.17) is 5.73 Å². The van der Waals surface area contributed by atoms with Gasteiger partial charge in [-0.2, -0.15) is 0 Å². The molecule has 4 unspecified atom stereocenters. The molecule has 2 fully saturated rings. The molecule has 0 radical (unpaired) electrons. The minimum Gasteiger partial charge on any atom is -0.390 e. The van der Waals surface area contributed by atoms with Crippen molar-refractivity contribution in [2.75, 3.05) is 13.1 Å². The Hall–Kier alpha value is -4.35. The molecule has 2 aromatic rings. The van der Waals surface area contributed by atoms with Gasteiger partial charge in [0.15, 0.2) is 0 Å². The quantitative estimate of drug-likeness (QED) is 0.190. The number of nitrogens with zero attached hydrogens (tertiary/aromatic N) is 2. The van der Waals surface area contributed by atoms with Gasteiger partial charge >= 0.3 is 0 Å². The van der Waals surface area contributed by atoms with Gasteiger partial charge < -0.3 is 26.8 Å². The number of aliphatic hydroxyl groups is 1. The molecule has 11 nitrogen and oxygen atoms in total. The number of primary amides is 1. The van der Waals surface area contributed by atoms with Gasteiger partial charge in [-0.05, 0) is 76.0 Å². The number of aliphatic hydroxyl groups excluding tert-OH is 1. The smallest absolute Gasteiger partial charge is 0.266 e. The van der Waals surface area contributed by atoms with Crippen LogP contribution in [0.3, 0.4) is 0 Å². The number of β-amino-alcohol motifs (C(OH)–C–C–N with tert-alkyl or cyclic N) is 1. The third-order valence-corrected chi connectivity index (χ3v) is 9.62. The zero-order valence-electron chi connectivity index (χ0n) is 29.9. The molecule has 1 saturated heterocycles. The number of nitrogens with two attached hydrogens (primary N) is 1. The highest BCUT2D eigenvalue weighted by Crippen LogP contribution is 2.39. The third-order valence-electron chi connectivity index (χ3n) is 9.62. The van der Waals surface area contributed by atoms with E-state index in [0.29, 0.717) is 24.1 Å². The average Bonchev–Trinajstić information content (AvgIpc) is 3.07. The number of nitrogens with one attached hydrogen (secondary N) is 3. The standard InChI is InChI=1S/C39H54N6O5/c1-6-27-16-12-13-19-30(27)41-25(2)36(48)43-32(22-35(40)47)37(49)42-31(20-26-14-8-7-9-15-26)34(46)24-45-23-29-18-11-10-17-28(29)21-33(45)38(50)44-39(3,4)5/h6-9,12-16,19,28-29,31-34,46H,1,10-11,17-18,20-24H2,2-5H3,(H2,40,47)(H,42,49)(H,43,48)(H,44,50)/t28?,29?,31?,32-,33-,34?/m0/s1. The Balaban J connectivity index is 1.55. The second kappa shape index (κ2) is 17.5. The van der Waals surface area contributed by atoms with Crippen molar-refractivity contribution in [3.05, 3.63) is 72.3 Å². The lowest BCUT2D eigenvalue weighted by Gasteiger charge is -2.47. The van der Waals surface area contributed by atoms with Crippen LogP contribution in [0, 0.1) is 11.8 Å². The van der Waals surface area contributed by atoms with Gasteiger partial charge in [0.05, 0.1) is 30.3 Å². The summed E-state index contributed by atoms with van der Waals surface area (Å²) in [5, 5.41) is 20.5. The fraction of sp³-hybridized carbons (Fsp3) is 0.513. The number of aliphatic imine (C=N–C) groups is 1. The number of piperidine rings is 1. The first-order valence-electron chi connectivity index (χ1n) is 17.7. The number of fused-ring (bicyclic) bond motifs is 1. The highest BCUT2D eigenvalue weighted by atomic mass is 16.3. The van der Waals surface area contributed by atoms with Gasteiger partial charge in [-0.3, -0.25) is 24.1 Å². The van der Waals surface area contributed by atoms with E-state index in [9.17, 15) is 24.3 Å². The van der Waals surface area contributed by atoms with Gasteiger partial charge in [-0.25, -0.2) is 4.99 Å². The summed E-state index contributed by atoms with van der Waals surface area (Å²) in [6.07, 6.45) is 5.61. The minimum atomic E-state index is -1.31. The minimum absolute atomic E-state index is 0.0608. The first-order valence-corrected chi connectivity index (χ1v) is 17.7. The fourth-order valence-corrected chi connectivity index (χ4v) is 7.10. The fourth-order valence-electron chi connectivity index (χ4n) is 7.10. The number of carbonyl (C=O) groups excluding carboxylic acids is 4. The molecule has 1 aliphatic heterocycles. The molecule has 11 heteroatoms. The van der Waals surface area contributed by atoms with Gasteiger partial charge in [-0.1, -0.05) is 80.4 Å². The van der Waals surface area contributed by atoms with Gasteiger partial charge in [0.1, 0.15) is 11.8 Å². The monoisotopic (exact) mass is 686 g/mol. The number of amides is 4. The summed E-state index contributed by atoms with van der Waals surface area (Å²) in [4.78, 5) is 59.3. The van der Waals surface area contributed by atoms with Crippen LogP contribution in [0.5, 0.6) is 0 Å². The lowest BCUT2D eigenvalue weighted by atomic mass is 9.72. The number of rotatable bonds is 14. The van der Waals surface area contributed by atoms with Crippen LogP contribution in [0.2, 0.25) is 0 Å². The van der Waals surface area contributed by atoms with Gasteiger partial charge in [0.2, 0.25) is 17.7 Å². The predicted molar refractivity (Wildman–Crippen MR) is 196 cm³/mol. The average molecular weight is 687 g/mol. The van der Waals surface area contributed by atoms with E-state index < -0.39 is 53.9 Å². The van der Waals surface area contributed by atoms with Crippen LogP contribution < -0.4 is 21.7 Å². The molecule has 4 rings (SSSR count). The van der Waals surface area contributed by atoms with Crippen LogP contribution in [0.15, 0.2) is 66.2 Å². The highest BCUT2D eigenvalue weighted by Gasteiger charge is 2.42. The van der Waals surface area contributed by atoms with Crippen LogP contribution in [0.4, 0.5) is 5.69 Å². The van der Waals surface area contributed by atoms with Gasteiger partial charge in [0.25, 0.3) is 5.91 Å². The summed E-state index contributed by atoms with van der Waals surface area (Å²) in [5.41, 5.74) is 7.33. The van der Waals surface area contributed by atoms with Crippen molar-refractivity contribution >= 4 is 41.1 Å². The van der Waals surface area contributed by atoms with Crippen molar-refractivity contribution in [2.24, 2.45) is 22.6 Å². The van der Waals surface area contributed by atoms with E-state index >= 15 is 0 Å². The molecule has 1 saturated carbocycles. The Morgan fingerprint density at radius 3 is 2.34 bits per heavy atom. The molecule has 270 valence electrons. The molecule has 2 aromatic carbocycles. The summed E-state index contributed by atoms with van der Waals surface area (Å²) in [6, 6.07) is 14.1. The molecule has 1 aliphatic carbocycles. The second-order valence-corrected chi connectivity index (χ2v) is 14.8. The number of carbonyl (C=O) groups is 4. The maximum atomic E-state index is 13.8. The van der Waals surface area contributed by atoms with Crippen molar-refractivity contribution in [1.29, 1.82) is 0 Å². The van der Waals surface area contributed by atoms with Crippen LogP contribution in [0.25, 0.3) is 6.08 Å². The number of benzene rings is 2. The van der Waals surface area contributed by atoms with Crippen molar-refractivity contribution < 1.29 is 24.3 Å². The van der Waals surface area contributed by atoms with Crippen molar-refractivity contribution in [1.82, 2.24) is 20.9 Å². The number of hydrogen-bond donors (Lipinski definition) is 5. The highest BCUT2D eigenvalue weighted by molar-refractivity contribution is 6.38. The Kier molecular flexibility index (Phi) is 13.5. The molecule has 0 bridgehead atoms. The number of para-hydroxylation sites is 1. The topological polar surface area (TPSA) is 166 Å². The van der Waals surface area contributed by atoms with E-state index in [2.05, 4.69) is 32.4 Å². The van der Waals surface area contributed by atoms with E-state index in [1.165, 1.54) is 13.3 Å². The normalized spacial score (nSPS) is 21.5. The molecule has 4 amide bonds. The van der Waals surface area contributed by atoms with Crippen molar-refractivity contribution in [3.8, 4) is 0 Å². The van der Waals surface area contributed by atoms with Crippen LogP contribution >= 0.6 is 0 Å². The SMILES string of the molecule is C=Cc1ccccc1N=C(C)C(=O)N[C@@H](CC(N)=O)C(=O)NC(Cc1ccccc1)C(O)CN1CC2CCCCC2C[C@H]1C(=O)NC(C)(C)C. The first kappa shape index (κ1) is 38.5. The third kappa shape index (κ3) is 11.1. The lowest BCUT2D eigenvalue weighted by molar-refractivity contribution is -0.133. The zero-order valence-corrected chi connectivity index (χ0v) is 29.9. The van der Waals surface area contributed by atoms with E-state index in [-0.39, 0.29) is 24.6 Å². The van der Waals surface area contributed by atoms with Crippen LogP contribution in [-0.4, -0.2) is 82.2 Å². The number of hydrogen-bond acceptors (Lipinski definition) is 7. The van der Waals surface area contributed by atoms with Crippen LogP contribution in [0.1, 0.15) is 77.3 Å². The van der Waals surface area contributed by atoms with Gasteiger partial charge in [0, 0.05) is 18.6 Å². The molecule has 6 atom stereocenters. The Bertz CT molecular complexity index is 1540. The van der Waals surface area contributed by atoms with E-state index in [1.54, 1.807) is 18.2 Å². The molecule has 2 aliphatic rings. The molecule has 0 aromatic heterocycles. The van der Waals surface area contributed by atoms with E-state index in [1.807, 2.05) is 63.2 Å². The summed E-state index contributed by atoms with van der Waals surface area (Å²) in [7, 11) is 0. The zero-order chi connectivity index (χ0) is 36.4. The number of likely N-dealkylation sites (tertiary alicyclic amines) is 1. The summed E-state index contributed by atoms with van der Waals surface area (Å²) >= 11 is 0. The molecular formula is C39H54N6O5. The molecule has 0 spiro atoms. The van der Waals surface area contributed by atoms with Gasteiger partial charge in [-0.15, -0.1) is 0 Å². The van der Waals surface area contributed by atoms with E-state index in [0.717, 1.165) is 36.8 Å².